The Kier molecular flexibility index (Phi) is 3.76. The second kappa shape index (κ2) is 5.30. The molecule has 6 heteroatoms. The molecule has 1 N–H and O–H groups in total. The van der Waals surface area contributed by atoms with Crippen LogP contribution in [0.25, 0.3) is 10.2 Å². The second-order valence-electron chi connectivity index (χ2n) is 3.89. The van der Waals surface area contributed by atoms with E-state index in [1.165, 1.54) is 17.4 Å². The Labute approximate surface area is 108 Å². The van der Waals surface area contributed by atoms with E-state index in [9.17, 15) is 9.18 Å². The van der Waals surface area contributed by atoms with Crippen molar-refractivity contribution in [3.8, 4) is 0 Å². The van der Waals surface area contributed by atoms with Crippen LogP contribution in [0.5, 0.6) is 0 Å². The molecule has 0 aliphatic heterocycles. The minimum atomic E-state index is -0.332. The van der Waals surface area contributed by atoms with Gasteiger partial charge in [-0.05, 0) is 19.1 Å². The van der Waals surface area contributed by atoms with Crippen molar-refractivity contribution >= 4 is 32.6 Å². The lowest BCUT2D eigenvalue weighted by Crippen LogP contribution is -2.34. The topological polar surface area (TPSA) is 45.2 Å². The number of anilines is 1. The lowest BCUT2D eigenvalue weighted by Gasteiger charge is -2.14. The maximum atomic E-state index is 13.5. The molecule has 0 saturated carbocycles. The summed E-state index contributed by atoms with van der Waals surface area (Å²) in [6, 6.07) is 4.86. The summed E-state index contributed by atoms with van der Waals surface area (Å²) < 4.78 is 14.3. The number of nitrogens with one attached hydrogen (secondary N) is 1. The van der Waals surface area contributed by atoms with Crippen LogP contribution in [0.1, 0.15) is 6.92 Å². The Morgan fingerprint density at radius 3 is 3.00 bits per heavy atom. The first-order valence-electron chi connectivity index (χ1n) is 5.64. The molecular formula is C12H14FN3OS. The van der Waals surface area contributed by atoms with Gasteiger partial charge in [-0.25, -0.2) is 9.37 Å². The number of thiazole rings is 1. The average molecular weight is 267 g/mol. The van der Waals surface area contributed by atoms with Crippen LogP contribution in [-0.4, -0.2) is 31.0 Å². The molecule has 2 rings (SSSR count). The van der Waals surface area contributed by atoms with Gasteiger partial charge in [-0.1, -0.05) is 17.4 Å². The monoisotopic (exact) mass is 267 g/mol. The molecule has 4 nitrogen and oxygen atoms in total. The fourth-order valence-corrected chi connectivity index (χ4v) is 2.54. The van der Waals surface area contributed by atoms with Crippen molar-refractivity contribution in [1.29, 1.82) is 0 Å². The smallest absolute Gasteiger partial charge is 0.239 e. The van der Waals surface area contributed by atoms with Crippen molar-refractivity contribution < 1.29 is 9.18 Å². The zero-order valence-electron chi connectivity index (χ0n) is 10.2. The molecule has 0 atom stereocenters. The summed E-state index contributed by atoms with van der Waals surface area (Å²) in [5.74, 6) is -0.402. The lowest BCUT2D eigenvalue weighted by atomic mass is 10.3. The predicted octanol–water partition coefficient (Wildman–Crippen LogP) is 2.01. The molecule has 18 heavy (non-hydrogen) atoms. The van der Waals surface area contributed by atoms with E-state index in [4.69, 9.17) is 0 Å². The largest absolute Gasteiger partial charge is 0.355 e. The second-order valence-corrected chi connectivity index (χ2v) is 4.90. The van der Waals surface area contributed by atoms with E-state index in [2.05, 4.69) is 10.3 Å². The van der Waals surface area contributed by atoms with Crippen molar-refractivity contribution in [3.05, 3.63) is 24.0 Å². The Balaban J connectivity index is 2.20. The summed E-state index contributed by atoms with van der Waals surface area (Å²) in [5.41, 5.74) is 0.361. The van der Waals surface area contributed by atoms with Gasteiger partial charge >= 0.3 is 0 Å². The molecule has 0 unspecified atom stereocenters. The molecule has 0 aliphatic carbocycles. The van der Waals surface area contributed by atoms with Gasteiger partial charge in [0.05, 0.1) is 11.2 Å². The van der Waals surface area contributed by atoms with Crippen molar-refractivity contribution in [2.24, 2.45) is 0 Å². The molecular weight excluding hydrogens is 253 g/mol. The summed E-state index contributed by atoms with van der Waals surface area (Å²) in [5, 5.41) is 3.35. The molecule has 0 radical (unpaired) electrons. The molecule has 1 amide bonds. The molecule has 1 aromatic heterocycles. The lowest BCUT2D eigenvalue weighted by molar-refractivity contribution is -0.119. The van der Waals surface area contributed by atoms with Crippen molar-refractivity contribution in [1.82, 2.24) is 10.3 Å². The summed E-state index contributed by atoms with van der Waals surface area (Å²) in [6.45, 7) is 2.68. The predicted molar refractivity (Wildman–Crippen MR) is 71.5 cm³/mol. The molecule has 0 spiro atoms. The fraction of sp³-hybridized carbons (Fsp3) is 0.333. The Morgan fingerprint density at radius 1 is 1.56 bits per heavy atom. The number of nitrogens with zero attached hydrogens (tertiary/aromatic N) is 2. The van der Waals surface area contributed by atoms with Gasteiger partial charge in [0.2, 0.25) is 5.91 Å². The van der Waals surface area contributed by atoms with E-state index in [-0.39, 0.29) is 18.3 Å². The van der Waals surface area contributed by atoms with E-state index in [1.54, 1.807) is 18.0 Å². The zero-order valence-corrected chi connectivity index (χ0v) is 11.1. The third-order valence-corrected chi connectivity index (χ3v) is 3.57. The van der Waals surface area contributed by atoms with Gasteiger partial charge in [-0.3, -0.25) is 4.79 Å². The maximum absolute atomic E-state index is 13.5. The van der Waals surface area contributed by atoms with Crippen LogP contribution >= 0.6 is 11.3 Å². The van der Waals surface area contributed by atoms with E-state index in [0.29, 0.717) is 17.2 Å². The number of likely N-dealkylation sites (N-methyl/N-ethyl adjacent to an activating group) is 2. The molecule has 0 saturated heterocycles. The van der Waals surface area contributed by atoms with E-state index in [0.717, 1.165) is 4.70 Å². The molecule has 0 bridgehead atoms. The first-order valence-corrected chi connectivity index (χ1v) is 6.46. The number of hydrogen-bond donors (Lipinski definition) is 1. The van der Waals surface area contributed by atoms with Crippen LogP contribution < -0.4 is 10.2 Å². The number of fused-ring (bicyclic) bond motifs is 1. The van der Waals surface area contributed by atoms with Gasteiger partial charge in [0.15, 0.2) is 5.13 Å². The summed E-state index contributed by atoms with van der Waals surface area (Å²) in [6.07, 6.45) is 0. The highest BCUT2D eigenvalue weighted by Crippen LogP contribution is 2.29. The third-order valence-electron chi connectivity index (χ3n) is 2.44. The van der Waals surface area contributed by atoms with Crippen molar-refractivity contribution in [2.45, 2.75) is 6.92 Å². The van der Waals surface area contributed by atoms with Crippen molar-refractivity contribution in [3.63, 3.8) is 0 Å². The van der Waals surface area contributed by atoms with Gasteiger partial charge in [0.1, 0.15) is 11.3 Å². The van der Waals surface area contributed by atoms with Crippen LogP contribution in [0.2, 0.25) is 0 Å². The highest BCUT2D eigenvalue weighted by Gasteiger charge is 2.13. The molecule has 2 aromatic rings. The van der Waals surface area contributed by atoms with Crippen LogP contribution in [-0.2, 0) is 4.79 Å². The number of amides is 1. The standard InChI is InChI=1S/C12H14FN3OS/c1-3-14-10(17)7-16(2)12-15-11-8(13)5-4-6-9(11)18-12/h4-6H,3,7H2,1-2H3,(H,14,17). The number of para-hydroxylation sites is 1. The Bertz CT molecular complexity index is 569. The SMILES string of the molecule is CCNC(=O)CN(C)c1nc2c(F)cccc2s1. The van der Waals surface area contributed by atoms with Gasteiger partial charge in [0, 0.05) is 13.6 Å². The van der Waals surface area contributed by atoms with Gasteiger partial charge in [-0.15, -0.1) is 0 Å². The quantitative estimate of drug-likeness (QED) is 0.921. The van der Waals surface area contributed by atoms with Crippen LogP contribution in [0.4, 0.5) is 9.52 Å². The third kappa shape index (κ3) is 2.59. The van der Waals surface area contributed by atoms with Crippen molar-refractivity contribution in [2.75, 3.05) is 25.0 Å². The average Bonchev–Trinajstić information content (AvgIpc) is 2.74. The van der Waals surface area contributed by atoms with Gasteiger partial charge < -0.3 is 10.2 Å². The van der Waals surface area contributed by atoms with Crippen LogP contribution in [0, 0.1) is 5.82 Å². The number of carbonyl (C=O) groups excluding carboxylic acids is 1. The molecule has 0 aliphatic rings. The van der Waals surface area contributed by atoms with Crippen LogP contribution in [0.15, 0.2) is 18.2 Å². The number of rotatable bonds is 4. The highest BCUT2D eigenvalue weighted by molar-refractivity contribution is 7.22. The first kappa shape index (κ1) is 12.8. The number of benzene rings is 1. The van der Waals surface area contributed by atoms with E-state index < -0.39 is 0 Å². The molecule has 1 heterocycles. The number of hydrogen-bond acceptors (Lipinski definition) is 4. The Morgan fingerprint density at radius 2 is 2.33 bits per heavy atom. The van der Waals surface area contributed by atoms with E-state index in [1.807, 2.05) is 13.0 Å². The normalized spacial score (nSPS) is 10.6. The summed E-state index contributed by atoms with van der Waals surface area (Å²) in [7, 11) is 1.77. The zero-order chi connectivity index (χ0) is 13.1. The van der Waals surface area contributed by atoms with Crippen LogP contribution in [0.3, 0.4) is 0 Å². The minimum Gasteiger partial charge on any atom is -0.355 e. The Hall–Kier alpha value is -1.69. The van der Waals surface area contributed by atoms with E-state index >= 15 is 0 Å². The number of halogens is 1. The number of carbonyl (C=O) groups is 1. The summed E-state index contributed by atoms with van der Waals surface area (Å²) in [4.78, 5) is 17.4. The number of aromatic nitrogens is 1. The molecule has 96 valence electrons. The van der Waals surface area contributed by atoms with Gasteiger partial charge in [0.25, 0.3) is 0 Å². The molecule has 0 fully saturated rings. The molecule has 1 aromatic carbocycles. The maximum Gasteiger partial charge on any atom is 0.239 e. The highest BCUT2D eigenvalue weighted by atomic mass is 32.1. The minimum absolute atomic E-state index is 0.0697. The summed E-state index contributed by atoms with van der Waals surface area (Å²) >= 11 is 1.37. The van der Waals surface area contributed by atoms with Gasteiger partial charge in [-0.2, -0.15) is 0 Å². The first-order chi connectivity index (χ1) is 8.61. The fourth-order valence-electron chi connectivity index (χ4n) is 1.60.